The summed E-state index contributed by atoms with van der Waals surface area (Å²) in [5, 5.41) is 8.98. The molecule has 0 fully saturated rings. The Kier molecular flexibility index (Phi) is 8.58. The highest BCUT2D eigenvalue weighted by Crippen LogP contribution is 2.20. The van der Waals surface area contributed by atoms with E-state index in [0.29, 0.717) is 5.56 Å². The van der Waals surface area contributed by atoms with Gasteiger partial charge in [-0.3, -0.25) is 10.0 Å². The van der Waals surface area contributed by atoms with Crippen LogP contribution in [0.5, 0.6) is 0 Å². The summed E-state index contributed by atoms with van der Waals surface area (Å²) in [6.45, 7) is 9.00. The maximum Gasteiger partial charge on any atom is 0.261 e. The molecule has 172 valence electrons. The molecule has 0 aromatic heterocycles. The molecule has 2 aromatic rings. The van der Waals surface area contributed by atoms with Gasteiger partial charge in [0.15, 0.2) is 0 Å². The van der Waals surface area contributed by atoms with Crippen molar-refractivity contribution in [1.29, 1.82) is 0 Å². The van der Waals surface area contributed by atoms with Gasteiger partial charge >= 0.3 is 0 Å². The van der Waals surface area contributed by atoms with E-state index in [1.165, 1.54) is 24.5 Å². The van der Waals surface area contributed by atoms with Crippen LogP contribution in [0.25, 0.3) is 0 Å². The van der Waals surface area contributed by atoms with Crippen molar-refractivity contribution in [1.82, 2.24) is 9.79 Å². The summed E-state index contributed by atoms with van der Waals surface area (Å²) < 4.78 is 33.1. The molecule has 7 nitrogen and oxygen atoms in total. The van der Waals surface area contributed by atoms with Crippen LogP contribution in [-0.4, -0.2) is 48.6 Å². The highest BCUT2D eigenvalue weighted by Gasteiger charge is 2.33. The Morgan fingerprint density at radius 2 is 1.56 bits per heavy atom. The summed E-state index contributed by atoms with van der Waals surface area (Å²) in [5.41, 5.74) is 3.72. The minimum absolute atomic E-state index is 0.0201. The Morgan fingerprint density at radius 3 is 2.03 bits per heavy atom. The molecular formula is C24H30N2O5S. The lowest BCUT2D eigenvalue weighted by atomic mass is 10.1. The Bertz CT molecular complexity index is 1080. The summed E-state index contributed by atoms with van der Waals surface area (Å²) in [5.74, 6) is 5.23. The Hall–Kier alpha value is -2.70. The zero-order chi connectivity index (χ0) is 23.9. The maximum atomic E-state index is 13.2. The minimum Gasteiger partial charge on any atom is -0.374 e. The number of rotatable bonds is 7. The number of hydroxylamine groups is 1. The molecule has 0 unspecified atom stereocenters. The minimum atomic E-state index is -4.03. The third kappa shape index (κ3) is 7.18. The molecule has 2 rings (SSSR count). The quantitative estimate of drug-likeness (QED) is 0.378. The van der Waals surface area contributed by atoms with Gasteiger partial charge in [0, 0.05) is 17.7 Å². The first-order valence-corrected chi connectivity index (χ1v) is 11.7. The predicted octanol–water partition coefficient (Wildman–Crippen LogP) is 3.09. The topological polar surface area (TPSA) is 95.9 Å². The van der Waals surface area contributed by atoms with E-state index in [4.69, 9.17) is 9.94 Å². The number of aryl methyl sites for hydroxylation is 1. The van der Waals surface area contributed by atoms with E-state index in [2.05, 4.69) is 11.8 Å². The van der Waals surface area contributed by atoms with Gasteiger partial charge in [0.25, 0.3) is 5.91 Å². The summed E-state index contributed by atoms with van der Waals surface area (Å²) in [6, 6.07) is 12.8. The van der Waals surface area contributed by atoms with Crippen LogP contribution in [0.3, 0.4) is 0 Å². The fourth-order valence-electron chi connectivity index (χ4n) is 2.81. The van der Waals surface area contributed by atoms with Crippen molar-refractivity contribution >= 4 is 15.9 Å². The van der Waals surface area contributed by atoms with E-state index < -0.39 is 27.6 Å². The van der Waals surface area contributed by atoms with Crippen LogP contribution in [0, 0.1) is 18.8 Å². The largest absolute Gasteiger partial charge is 0.374 e. The Labute approximate surface area is 190 Å². The third-order valence-electron chi connectivity index (χ3n) is 4.63. The smallest absolute Gasteiger partial charge is 0.261 e. The van der Waals surface area contributed by atoms with Crippen molar-refractivity contribution < 1.29 is 23.2 Å². The van der Waals surface area contributed by atoms with E-state index in [1.54, 1.807) is 12.1 Å². The van der Waals surface area contributed by atoms with Crippen LogP contribution in [0.1, 0.15) is 44.4 Å². The van der Waals surface area contributed by atoms with Crippen molar-refractivity contribution in [3.8, 4) is 11.8 Å². The first kappa shape index (κ1) is 25.6. The Balaban J connectivity index is 2.26. The van der Waals surface area contributed by atoms with E-state index in [1.807, 2.05) is 52.0 Å². The monoisotopic (exact) mass is 458 g/mol. The second-order valence-corrected chi connectivity index (χ2v) is 10.3. The molecular weight excluding hydrogens is 428 g/mol. The van der Waals surface area contributed by atoms with E-state index in [0.717, 1.165) is 15.4 Å². The molecule has 2 aromatic carbocycles. The number of hydrogen-bond donors (Lipinski definition) is 2. The highest BCUT2D eigenvalue weighted by molar-refractivity contribution is 7.89. The number of amides is 1. The van der Waals surface area contributed by atoms with Crippen molar-refractivity contribution in [3.05, 3.63) is 65.2 Å². The number of carbonyl (C=O) groups is 1. The molecule has 1 atom stereocenters. The Morgan fingerprint density at radius 1 is 1.06 bits per heavy atom. The van der Waals surface area contributed by atoms with Gasteiger partial charge in [0.05, 0.1) is 17.1 Å². The second kappa shape index (κ2) is 10.7. The zero-order valence-corrected chi connectivity index (χ0v) is 19.9. The third-order valence-corrected chi connectivity index (χ3v) is 6.62. The SMILES string of the molecule is Cc1ccc(C#Cc2ccc(S(=O)(=O)N(CCOC(C)(C)C)[C@H](C)C(=O)NO)cc2)cc1. The van der Waals surface area contributed by atoms with Crippen LogP contribution in [0.15, 0.2) is 53.4 Å². The molecule has 1 amide bonds. The molecule has 0 aliphatic carbocycles. The van der Waals surface area contributed by atoms with Crippen molar-refractivity contribution in [3.63, 3.8) is 0 Å². The number of ether oxygens (including phenoxy) is 1. The van der Waals surface area contributed by atoms with Gasteiger partial charge in [-0.05, 0) is 71.0 Å². The fraction of sp³-hybridized carbons (Fsp3) is 0.375. The molecule has 0 spiro atoms. The predicted molar refractivity (Wildman–Crippen MR) is 123 cm³/mol. The second-order valence-electron chi connectivity index (χ2n) is 8.37. The maximum absolute atomic E-state index is 13.2. The molecule has 0 aliphatic rings. The van der Waals surface area contributed by atoms with Crippen molar-refractivity contribution in [2.45, 2.75) is 51.2 Å². The van der Waals surface area contributed by atoms with E-state index in [-0.39, 0.29) is 18.0 Å². The average molecular weight is 459 g/mol. The molecule has 8 heteroatoms. The normalized spacial score (nSPS) is 12.7. The lowest BCUT2D eigenvalue weighted by Gasteiger charge is -2.28. The van der Waals surface area contributed by atoms with Crippen LogP contribution in [-0.2, 0) is 19.6 Å². The van der Waals surface area contributed by atoms with E-state index in [9.17, 15) is 13.2 Å². The number of sulfonamides is 1. The molecule has 0 heterocycles. The van der Waals surface area contributed by atoms with Gasteiger partial charge in [0.1, 0.15) is 6.04 Å². The van der Waals surface area contributed by atoms with Crippen LogP contribution in [0.2, 0.25) is 0 Å². The summed E-state index contributed by atoms with van der Waals surface area (Å²) in [4.78, 5) is 12.0. The van der Waals surface area contributed by atoms with Gasteiger partial charge in [-0.2, -0.15) is 4.31 Å². The van der Waals surface area contributed by atoms with Gasteiger partial charge in [-0.1, -0.05) is 29.5 Å². The molecule has 0 bridgehead atoms. The highest BCUT2D eigenvalue weighted by atomic mass is 32.2. The summed E-state index contributed by atoms with van der Waals surface area (Å²) >= 11 is 0. The van der Waals surface area contributed by atoms with Crippen LogP contribution < -0.4 is 5.48 Å². The van der Waals surface area contributed by atoms with Gasteiger partial charge in [0.2, 0.25) is 10.0 Å². The first-order chi connectivity index (χ1) is 14.9. The number of hydrogen-bond acceptors (Lipinski definition) is 5. The fourth-order valence-corrected chi connectivity index (χ4v) is 4.39. The number of carbonyl (C=O) groups excluding carboxylic acids is 1. The van der Waals surface area contributed by atoms with Crippen molar-refractivity contribution in [2.24, 2.45) is 0 Å². The average Bonchev–Trinajstić information content (AvgIpc) is 2.74. The lowest BCUT2D eigenvalue weighted by Crippen LogP contribution is -2.48. The van der Waals surface area contributed by atoms with Gasteiger partial charge < -0.3 is 4.74 Å². The number of benzene rings is 2. The summed E-state index contributed by atoms with van der Waals surface area (Å²) in [7, 11) is -4.03. The molecule has 32 heavy (non-hydrogen) atoms. The molecule has 0 aliphatic heterocycles. The standard InChI is InChI=1S/C24H30N2O5S/c1-18-6-8-20(9-7-18)10-11-21-12-14-22(15-13-21)32(29,30)26(19(2)23(27)25-28)16-17-31-24(3,4)5/h6-9,12-15,19,28H,16-17H2,1-5H3,(H,25,27)/t19-/m1/s1. The molecule has 0 radical (unpaired) electrons. The molecule has 2 N–H and O–H groups in total. The zero-order valence-electron chi connectivity index (χ0n) is 19.0. The lowest BCUT2D eigenvalue weighted by molar-refractivity contribution is -0.133. The van der Waals surface area contributed by atoms with Crippen LogP contribution >= 0.6 is 0 Å². The number of nitrogens with zero attached hydrogens (tertiary/aromatic N) is 1. The van der Waals surface area contributed by atoms with E-state index >= 15 is 0 Å². The van der Waals surface area contributed by atoms with Crippen LogP contribution in [0.4, 0.5) is 0 Å². The van der Waals surface area contributed by atoms with Gasteiger partial charge in [-0.15, -0.1) is 0 Å². The van der Waals surface area contributed by atoms with Crippen molar-refractivity contribution in [2.75, 3.05) is 13.2 Å². The number of nitrogens with one attached hydrogen (secondary N) is 1. The van der Waals surface area contributed by atoms with Gasteiger partial charge in [-0.25, -0.2) is 13.9 Å². The molecule has 0 saturated heterocycles. The summed E-state index contributed by atoms with van der Waals surface area (Å²) in [6.07, 6.45) is 0. The molecule has 0 saturated carbocycles. The first-order valence-electron chi connectivity index (χ1n) is 10.2.